The van der Waals surface area contributed by atoms with Crippen molar-refractivity contribution in [3.05, 3.63) is 54.1 Å². The molecule has 2 aromatic carbocycles. The van der Waals surface area contributed by atoms with Gasteiger partial charge in [-0.15, -0.1) is 0 Å². The molecule has 30 heavy (non-hydrogen) atoms. The number of hydrogen-bond acceptors (Lipinski definition) is 4. The molecule has 0 spiro atoms. The van der Waals surface area contributed by atoms with Crippen LogP contribution in [0.5, 0.6) is 5.75 Å². The first-order valence-corrected chi connectivity index (χ1v) is 10.5. The van der Waals surface area contributed by atoms with Gasteiger partial charge in [0.1, 0.15) is 5.75 Å². The Balaban J connectivity index is 1.93. The lowest BCUT2D eigenvalue weighted by Gasteiger charge is -2.25. The number of hydrogen-bond donors (Lipinski definition) is 2. The van der Waals surface area contributed by atoms with Crippen LogP contribution in [0.1, 0.15) is 50.4 Å². The van der Waals surface area contributed by atoms with E-state index in [0.29, 0.717) is 35.3 Å². The minimum absolute atomic E-state index is 0.0496. The van der Waals surface area contributed by atoms with Gasteiger partial charge in [-0.3, -0.25) is 14.5 Å². The summed E-state index contributed by atoms with van der Waals surface area (Å²) in [5, 5.41) is 5.76. The summed E-state index contributed by atoms with van der Waals surface area (Å²) < 4.78 is 5.26. The molecule has 6 nitrogen and oxygen atoms in total. The highest BCUT2D eigenvalue weighted by molar-refractivity contribution is 6.05. The van der Waals surface area contributed by atoms with Gasteiger partial charge in [-0.05, 0) is 63.2 Å². The number of methoxy groups -OCH3 is 1. The van der Waals surface area contributed by atoms with Gasteiger partial charge in [0.05, 0.1) is 19.3 Å². The number of para-hydroxylation sites is 2. The molecule has 0 aliphatic rings. The van der Waals surface area contributed by atoms with E-state index >= 15 is 0 Å². The molecule has 0 atom stereocenters. The van der Waals surface area contributed by atoms with Crippen molar-refractivity contribution in [2.45, 2.75) is 46.1 Å². The summed E-state index contributed by atoms with van der Waals surface area (Å²) in [6.45, 7) is 7.66. The minimum atomic E-state index is -0.237. The van der Waals surface area contributed by atoms with Crippen molar-refractivity contribution >= 4 is 23.2 Å². The largest absolute Gasteiger partial charge is 0.495 e. The van der Waals surface area contributed by atoms with Crippen LogP contribution in [-0.4, -0.2) is 43.0 Å². The van der Waals surface area contributed by atoms with Gasteiger partial charge in [-0.2, -0.15) is 0 Å². The van der Waals surface area contributed by atoms with Crippen molar-refractivity contribution in [3.8, 4) is 5.75 Å². The lowest BCUT2D eigenvalue weighted by atomic mass is 10.2. The van der Waals surface area contributed by atoms with E-state index in [2.05, 4.69) is 36.3 Å². The van der Waals surface area contributed by atoms with Crippen LogP contribution in [-0.2, 0) is 4.79 Å². The first-order chi connectivity index (χ1) is 14.4. The van der Waals surface area contributed by atoms with Crippen LogP contribution in [0.3, 0.4) is 0 Å². The van der Waals surface area contributed by atoms with E-state index in [4.69, 9.17) is 4.74 Å². The van der Waals surface area contributed by atoms with E-state index in [1.807, 2.05) is 12.1 Å². The standard InChI is InChI=1S/C24H33N3O3/c1-5-6-9-16-27(18(2)3)17-23(28)25-20-14-12-19(13-15-20)24(29)26-21-10-7-8-11-22(21)30-4/h7-8,10-15,18H,5-6,9,16-17H2,1-4H3,(H,25,28)(H,26,29). The van der Waals surface area contributed by atoms with E-state index in [1.165, 1.54) is 6.42 Å². The fourth-order valence-electron chi connectivity index (χ4n) is 3.12. The highest BCUT2D eigenvalue weighted by atomic mass is 16.5. The summed E-state index contributed by atoms with van der Waals surface area (Å²) in [6, 6.07) is 14.4. The fraction of sp³-hybridized carbons (Fsp3) is 0.417. The minimum Gasteiger partial charge on any atom is -0.495 e. The number of amides is 2. The molecule has 0 bridgehead atoms. The fourth-order valence-corrected chi connectivity index (χ4v) is 3.12. The summed E-state index contributed by atoms with van der Waals surface area (Å²) in [5.74, 6) is 0.314. The van der Waals surface area contributed by atoms with Crippen molar-refractivity contribution in [1.29, 1.82) is 0 Å². The number of nitrogens with one attached hydrogen (secondary N) is 2. The number of unbranched alkanes of at least 4 members (excludes halogenated alkanes) is 2. The SMILES string of the molecule is CCCCCN(CC(=O)Nc1ccc(C(=O)Nc2ccccc2OC)cc1)C(C)C. The second kappa shape index (κ2) is 12.0. The monoisotopic (exact) mass is 411 g/mol. The number of carbonyl (C=O) groups is 2. The number of benzene rings is 2. The Kier molecular flexibility index (Phi) is 9.35. The molecule has 2 N–H and O–H groups in total. The smallest absolute Gasteiger partial charge is 0.255 e. The van der Waals surface area contributed by atoms with Crippen LogP contribution in [0.4, 0.5) is 11.4 Å². The van der Waals surface area contributed by atoms with Gasteiger partial charge < -0.3 is 15.4 Å². The Morgan fingerprint density at radius 2 is 1.70 bits per heavy atom. The zero-order chi connectivity index (χ0) is 21.9. The molecule has 0 saturated heterocycles. The molecular formula is C24H33N3O3. The lowest BCUT2D eigenvalue weighted by Crippen LogP contribution is -2.38. The van der Waals surface area contributed by atoms with Crippen LogP contribution in [0.25, 0.3) is 0 Å². The third-order valence-corrected chi connectivity index (χ3v) is 4.91. The predicted octanol–water partition coefficient (Wildman–Crippen LogP) is 4.79. The summed E-state index contributed by atoms with van der Waals surface area (Å²) in [7, 11) is 1.56. The average Bonchev–Trinajstić information content (AvgIpc) is 2.74. The molecule has 6 heteroatoms. The number of carbonyl (C=O) groups excluding carboxylic acids is 2. The van der Waals surface area contributed by atoms with E-state index < -0.39 is 0 Å². The van der Waals surface area contributed by atoms with Crippen LogP contribution < -0.4 is 15.4 Å². The van der Waals surface area contributed by atoms with Gasteiger partial charge >= 0.3 is 0 Å². The van der Waals surface area contributed by atoms with Gasteiger partial charge in [0.2, 0.25) is 5.91 Å². The van der Waals surface area contributed by atoms with Crippen molar-refractivity contribution in [2.75, 3.05) is 30.8 Å². The molecule has 2 rings (SSSR count). The summed E-state index contributed by atoms with van der Waals surface area (Å²) in [5.41, 5.74) is 1.78. The first kappa shape index (κ1) is 23.4. The number of anilines is 2. The first-order valence-electron chi connectivity index (χ1n) is 10.5. The Bertz CT molecular complexity index is 819. The van der Waals surface area contributed by atoms with Crippen molar-refractivity contribution in [3.63, 3.8) is 0 Å². The van der Waals surface area contributed by atoms with Gasteiger partial charge in [-0.1, -0.05) is 31.9 Å². The topological polar surface area (TPSA) is 70.7 Å². The van der Waals surface area contributed by atoms with Gasteiger partial charge in [0.15, 0.2) is 0 Å². The maximum Gasteiger partial charge on any atom is 0.255 e. The van der Waals surface area contributed by atoms with Crippen molar-refractivity contribution in [1.82, 2.24) is 4.90 Å². The normalized spacial score (nSPS) is 10.9. The van der Waals surface area contributed by atoms with Crippen LogP contribution >= 0.6 is 0 Å². The molecule has 0 aromatic heterocycles. The van der Waals surface area contributed by atoms with Crippen LogP contribution in [0, 0.1) is 0 Å². The number of rotatable bonds is 11. The third kappa shape index (κ3) is 7.19. The summed E-state index contributed by atoms with van der Waals surface area (Å²) >= 11 is 0. The molecule has 0 aliphatic heterocycles. The maximum atomic E-state index is 12.5. The van der Waals surface area contributed by atoms with Crippen molar-refractivity contribution < 1.29 is 14.3 Å². The van der Waals surface area contributed by atoms with Gasteiger partial charge in [0.25, 0.3) is 5.91 Å². The third-order valence-electron chi connectivity index (χ3n) is 4.91. The molecule has 2 amide bonds. The Morgan fingerprint density at radius 3 is 2.33 bits per heavy atom. The predicted molar refractivity (Wildman–Crippen MR) is 122 cm³/mol. The number of nitrogens with zero attached hydrogens (tertiary/aromatic N) is 1. The maximum absolute atomic E-state index is 12.5. The second-order valence-electron chi connectivity index (χ2n) is 7.55. The summed E-state index contributed by atoms with van der Waals surface area (Å²) in [4.78, 5) is 27.1. The highest BCUT2D eigenvalue weighted by Gasteiger charge is 2.14. The van der Waals surface area contributed by atoms with Gasteiger partial charge in [-0.25, -0.2) is 0 Å². The van der Waals surface area contributed by atoms with E-state index in [1.54, 1.807) is 43.5 Å². The Hall–Kier alpha value is -2.86. The molecule has 0 aliphatic carbocycles. The summed E-state index contributed by atoms with van der Waals surface area (Å²) in [6.07, 6.45) is 3.43. The average molecular weight is 412 g/mol. The zero-order valence-electron chi connectivity index (χ0n) is 18.4. The molecule has 0 unspecified atom stereocenters. The molecule has 162 valence electrons. The quantitative estimate of drug-likeness (QED) is 0.522. The van der Waals surface area contributed by atoms with Crippen LogP contribution in [0.15, 0.2) is 48.5 Å². The highest BCUT2D eigenvalue weighted by Crippen LogP contribution is 2.23. The second-order valence-corrected chi connectivity index (χ2v) is 7.55. The lowest BCUT2D eigenvalue weighted by molar-refractivity contribution is -0.117. The molecule has 2 aromatic rings. The molecule has 0 fully saturated rings. The number of ether oxygens (including phenoxy) is 1. The van der Waals surface area contributed by atoms with E-state index in [-0.39, 0.29) is 11.8 Å². The van der Waals surface area contributed by atoms with Crippen molar-refractivity contribution in [2.24, 2.45) is 0 Å². The van der Waals surface area contributed by atoms with Gasteiger partial charge in [0, 0.05) is 17.3 Å². The zero-order valence-corrected chi connectivity index (χ0v) is 18.4. The van der Waals surface area contributed by atoms with Crippen LogP contribution in [0.2, 0.25) is 0 Å². The molecule has 0 heterocycles. The molecule has 0 saturated carbocycles. The Morgan fingerprint density at radius 1 is 1.00 bits per heavy atom. The Labute approximate surface area is 179 Å². The van der Waals surface area contributed by atoms with E-state index in [9.17, 15) is 9.59 Å². The molecular weight excluding hydrogens is 378 g/mol. The van der Waals surface area contributed by atoms with E-state index in [0.717, 1.165) is 19.4 Å². The molecule has 0 radical (unpaired) electrons.